The van der Waals surface area contributed by atoms with E-state index in [0.717, 1.165) is 125 Å². The Morgan fingerprint density at radius 2 is 0.550 bits per heavy atom. The van der Waals surface area contributed by atoms with Crippen LogP contribution in [0.1, 0.15) is 158 Å². The Kier molecular flexibility index (Phi) is 20.2. The van der Waals surface area contributed by atoms with E-state index in [4.69, 9.17) is 67.8 Å². The molecule has 0 fully saturated rings. The second-order valence-corrected chi connectivity index (χ2v) is 20.4. The van der Waals surface area contributed by atoms with Gasteiger partial charge in [-0.25, -0.2) is 29.9 Å². The first-order valence-corrected chi connectivity index (χ1v) is 29.9. The zero-order valence-corrected chi connectivity index (χ0v) is 48.5. The number of ether oxygens (including phenoxy) is 8. The van der Waals surface area contributed by atoms with Crippen LogP contribution in [0.4, 0.5) is 0 Å². The fraction of sp³-hybridized carbons (Fsp3) is 0.500. The summed E-state index contributed by atoms with van der Waals surface area (Å²) in [6.07, 6.45) is 13.8. The third kappa shape index (κ3) is 12.3. The van der Waals surface area contributed by atoms with Crippen molar-refractivity contribution in [3.05, 3.63) is 48.5 Å². The number of aromatic nitrogens is 8. The van der Waals surface area contributed by atoms with E-state index in [0.29, 0.717) is 167 Å². The summed E-state index contributed by atoms with van der Waals surface area (Å²) in [5, 5.41) is 2.90. The van der Waals surface area contributed by atoms with Crippen LogP contribution in [-0.4, -0.2) is 92.7 Å². The van der Waals surface area contributed by atoms with Crippen molar-refractivity contribution in [2.45, 2.75) is 158 Å². The standard InChI is InChI=1S/C64H82N8O8/c1-9-17-33-73-49-45-47(51(75-35-19-11-3)55(79-39-23-15-7)53(49)77-37-21-13-5)63-70-61(45)68-59-43-31-27-25-29-41(43)57(66-59)65-58-42-30-26-28-32-44(42)60(67-58)69-62-46-48(64(71-62)72-63)52(76-36-20-12-4)56(80-40-24-16-8)54(78-38-22-14-6)50(46)74-34-18-10-2/h25-32H,9-24,33-40H2,1-8H3,(H2,65,66,67,68,69,70,71,72). The van der Waals surface area contributed by atoms with E-state index in [9.17, 15) is 0 Å². The number of H-pyrrole nitrogens is 2. The fourth-order valence-electron chi connectivity index (χ4n) is 9.61. The lowest BCUT2D eigenvalue weighted by Crippen LogP contribution is -2.10. The molecule has 2 aliphatic rings. The van der Waals surface area contributed by atoms with Gasteiger partial charge in [-0.05, 0) is 51.4 Å². The molecule has 16 nitrogen and oxygen atoms in total. The van der Waals surface area contributed by atoms with Crippen molar-refractivity contribution in [3.8, 4) is 91.5 Å². The number of nitrogens with zero attached hydrogens (tertiary/aromatic N) is 6. The van der Waals surface area contributed by atoms with Crippen LogP contribution in [0.25, 0.3) is 89.7 Å². The Morgan fingerprint density at radius 1 is 0.287 bits per heavy atom. The normalized spacial score (nSPS) is 11.7. The van der Waals surface area contributed by atoms with Crippen LogP contribution in [0.2, 0.25) is 0 Å². The number of unbranched alkanes of at least 4 members (excludes halogenated alkanes) is 8. The molecule has 8 bridgehead atoms. The SMILES string of the molecule is CCCCOc1c(OCCCC)c(OCCCC)c2c(c1OCCCC)-c1nc-2nc2[nH]c(nc3nc(nc4[nH]c(n1)c1ccccc41)-c1ccccc1-3)c1c(OCCCC)c(OCCCC)c(OCCCC)c(OCCCC)c21. The molecule has 2 N–H and O–H groups in total. The lowest BCUT2D eigenvalue weighted by atomic mass is 10.0. The smallest absolute Gasteiger partial charge is 0.208 e. The highest BCUT2D eigenvalue weighted by Crippen LogP contribution is 2.59. The van der Waals surface area contributed by atoms with Crippen molar-refractivity contribution in [2.24, 2.45) is 0 Å². The maximum Gasteiger partial charge on any atom is 0.208 e. The molecule has 0 saturated heterocycles. The summed E-state index contributed by atoms with van der Waals surface area (Å²) >= 11 is 0. The third-order valence-corrected chi connectivity index (χ3v) is 14.1. The number of fused-ring (bicyclic) bond motifs is 20. The lowest BCUT2D eigenvalue weighted by molar-refractivity contribution is 0.223. The molecular formula is C64H82N8O8. The van der Waals surface area contributed by atoms with E-state index in [1.807, 2.05) is 48.5 Å². The van der Waals surface area contributed by atoms with Crippen molar-refractivity contribution in [1.29, 1.82) is 0 Å². The molecule has 0 saturated carbocycles. The molecule has 0 radical (unpaired) electrons. The largest absolute Gasteiger partial charge is 0.489 e. The zero-order valence-electron chi connectivity index (χ0n) is 48.5. The average molecular weight is 1090 g/mol. The molecule has 0 aliphatic carbocycles. The Hall–Kier alpha value is -7.36. The first kappa shape index (κ1) is 57.3. The van der Waals surface area contributed by atoms with E-state index in [-0.39, 0.29) is 0 Å². The number of aromatic amines is 2. The highest BCUT2D eigenvalue weighted by Gasteiger charge is 2.38. The Bertz CT molecular complexity index is 3390. The molecule has 0 spiro atoms. The molecule has 7 aromatic rings. The summed E-state index contributed by atoms with van der Waals surface area (Å²) in [7, 11) is 0. The van der Waals surface area contributed by atoms with Crippen LogP contribution in [0.5, 0.6) is 46.0 Å². The number of benzene rings is 4. The molecular weight excluding hydrogens is 1010 g/mol. The summed E-state index contributed by atoms with van der Waals surface area (Å²) < 4.78 is 55.7. The first-order valence-electron chi connectivity index (χ1n) is 29.9. The van der Waals surface area contributed by atoms with Crippen molar-refractivity contribution < 1.29 is 37.9 Å². The lowest BCUT2D eigenvalue weighted by Gasteiger charge is -2.23. The predicted molar refractivity (Wildman–Crippen MR) is 319 cm³/mol. The minimum absolute atomic E-state index is 0.303. The van der Waals surface area contributed by atoms with Gasteiger partial charge in [-0.3, -0.25) is 0 Å². The highest BCUT2D eigenvalue weighted by molar-refractivity contribution is 6.15. The summed E-state index contributed by atoms with van der Waals surface area (Å²) in [5.74, 6) is 5.28. The molecule has 5 heterocycles. The van der Waals surface area contributed by atoms with E-state index in [2.05, 4.69) is 65.4 Å². The predicted octanol–water partition coefficient (Wildman–Crippen LogP) is 16.3. The molecule has 426 valence electrons. The molecule has 0 unspecified atom stereocenters. The van der Waals surface area contributed by atoms with E-state index in [1.54, 1.807) is 0 Å². The number of hydrogen-bond donors (Lipinski definition) is 2. The van der Waals surface area contributed by atoms with Gasteiger partial charge < -0.3 is 47.9 Å². The van der Waals surface area contributed by atoms with Crippen molar-refractivity contribution in [1.82, 2.24) is 39.9 Å². The summed E-state index contributed by atoms with van der Waals surface area (Å²) in [6, 6.07) is 16.1. The van der Waals surface area contributed by atoms with Crippen LogP contribution in [0.15, 0.2) is 48.5 Å². The number of rotatable bonds is 32. The zero-order chi connectivity index (χ0) is 55.8. The van der Waals surface area contributed by atoms with E-state index in [1.165, 1.54) is 0 Å². The summed E-state index contributed by atoms with van der Waals surface area (Å²) in [4.78, 5) is 40.1. The molecule has 16 heteroatoms. The van der Waals surface area contributed by atoms with Gasteiger partial charge in [-0.2, -0.15) is 0 Å². The highest BCUT2D eigenvalue weighted by atomic mass is 16.6. The van der Waals surface area contributed by atoms with Gasteiger partial charge in [0, 0.05) is 21.9 Å². The van der Waals surface area contributed by atoms with Gasteiger partial charge in [-0.15, -0.1) is 0 Å². The molecule has 9 rings (SSSR count). The van der Waals surface area contributed by atoms with E-state index >= 15 is 0 Å². The minimum atomic E-state index is 0.303. The van der Waals surface area contributed by atoms with Crippen LogP contribution in [0.3, 0.4) is 0 Å². The van der Waals surface area contributed by atoms with Crippen LogP contribution in [-0.2, 0) is 0 Å². The maximum atomic E-state index is 7.04. The minimum Gasteiger partial charge on any atom is -0.489 e. The molecule has 0 amide bonds. The Balaban J connectivity index is 1.54. The van der Waals surface area contributed by atoms with Gasteiger partial charge in [0.2, 0.25) is 23.0 Å². The number of hydrogen-bond acceptors (Lipinski definition) is 14. The van der Waals surface area contributed by atoms with Crippen molar-refractivity contribution >= 4 is 44.1 Å². The quantitative estimate of drug-likeness (QED) is 0.0380. The second kappa shape index (κ2) is 28.2. The summed E-state index contributed by atoms with van der Waals surface area (Å²) in [6.45, 7) is 20.5. The number of nitrogens with one attached hydrogen (secondary N) is 2. The molecule has 2 aliphatic heterocycles. The van der Waals surface area contributed by atoms with Gasteiger partial charge in [0.1, 0.15) is 22.6 Å². The Labute approximate surface area is 471 Å². The third-order valence-electron chi connectivity index (χ3n) is 14.1. The fourth-order valence-corrected chi connectivity index (χ4v) is 9.61. The van der Waals surface area contributed by atoms with Gasteiger partial charge in [0.05, 0.1) is 74.8 Å². The van der Waals surface area contributed by atoms with Gasteiger partial charge >= 0.3 is 0 Å². The topological polar surface area (TPSA) is 183 Å². The van der Waals surface area contributed by atoms with Gasteiger partial charge in [0.25, 0.3) is 0 Å². The van der Waals surface area contributed by atoms with Crippen LogP contribution >= 0.6 is 0 Å². The molecule has 80 heavy (non-hydrogen) atoms. The molecule has 3 aromatic heterocycles. The monoisotopic (exact) mass is 1090 g/mol. The van der Waals surface area contributed by atoms with Gasteiger partial charge in [0.15, 0.2) is 46.3 Å². The summed E-state index contributed by atoms with van der Waals surface area (Å²) in [5.41, 5.74) is 4.73. The Morgan fingerprint density at radius 3 is 0.912 bits per heavy atom. The van der Waals surface area contributed by atoms with Crippen molar-refractivity contribution in [3.63, 3.8) is 0 Å². The second-order valence-electron chi connectivity index (χ2n) is 20.4. The van der Waals surface area contributed by atoms with Crippen molar-refractivity contribution in [2.75, 3.05) is 52.9 Å². The first-order chi connectivity index (χ1) is 39.4. The average Bonchev–Trinajstić information content (AvgIpc) is 4.41. The van der Waals surface area contributed by atoms with Crippen LogP contribution < -0.4 is 37.9 Å². The molecule has 0 atom stereocenters. The van der Waals surface area contributed by atoms with Gasteiger partial charge in [-0.1, -0.05) is 155 Å². The molecule has 4 aromatic carbocycles. The van der Waals surface area contributed by atoms with E-state index < -0.39 is 0 Å². The van der Waals surface area contributed by atoms with Crippen LogP contribution in [0, 0.1) is 0 Å². The maximum absolute atomic E-state index is 7.04.